The van der Waals surface area contributed by atoms with Crippen molar-refractivity contribution in [1.82, 2.24) is 0 Å². The first-order chi connectivity index (χ1) is 27.0. The van der Waals surface area contributed by atoms with Crippen molar-refractivity contribution in [3.8, 4) is 0 Å². The summed E-state index contributed by atoms with van der Waals surface area (Å²) >= 11 is 0. The Bertz CT molecular complexity index is 980. The number of unbranched alkanes of at least 4 members (excludes halogenated alkanes) is 22. The van der Waals surface area contributed by atoms with Gasteiger partial charge in [-0.25, -0.2) is 0 Å². The van der Waals surface area contributed by atoms with Crippen LogP contribution in [0.3, 0.4) is 0 Å². The van der Waals surface area contributed by atoms with E-state index in [0.717, 1.165) is 103 Å². The van der Waals surface area contributed by atoms with Crippen LogP contribution in [0.25, 0.3) is 0 Å². The average Bonchev–Trinajstić information content (AvgIpc) is 3.18. The molecule has 0 spiro atoms. The molecule has 0 aromatic carbocycles. The number of hydrogen-bond acceptors (Lipinski definition) is 6. The Morgan fingerprint density at radius 3 is 1.07 bits per heavy atom. The van der Waals surface area contributed by atoms with Gasteiger partial charge in [-0.2, -0.15) is 0 Å². The van der Waals surface area contributed by atoms with Crippen LogP contribution >= 0.6 is 0 Å². The molecule has 0 aliphatic carbocycles. The van der Waals surface area contributed by atoms with Crippen molar-refractivity contribution < 1.29 is 28.6 Å². The normalized spacial score (nSPS) is 12.4. The van der Waals surface area contributed by atoms with Gasteiger partial charge < -0.3 is 14.2 Å². The lowest BCUT2D eigenvalue weighted by Gasteiger charge is -2.18. The van der Waals surface area contributed by atoms with Crippen LogP contribution in [-0.2, 0) is 28.6 Å². The maximum Gasteiger partial charge on any atom is 0.306 e. The highest BCUT2D eigenvalue weighted by molar-refractivity contribution is 5.71. The van der Waals surface area contributed by atoms with E-state index in [9.17, 15) is 14.4 Å². The minimum atomic E-state index is -0.780. The van der Waals surface area contributed by atoms with Crippen molar-refractivity contribution in [3.05, 3.63) is 48.6 Å². The molecule has 0 bridgehead atoms. The number of carbonyl (C=O) groups is 3. The summed E-state index contributed by atoms with van der Waals surface area (Å²) < 4.78 is 16.6. The van der Waals surface area contributed by atoms with Crippen molar-refractivity contribution in [3.63, 3.8) is 0 Å². The van der Waals surface area contributed by atoms with Gasteiger partial charge >= 0.3 is 17.9 Å². The van der Waals surface area contributed by atoms with Crippen LogP contribution in [0.2, 0.25) is 0 Å². The highest BCUT2D eigenvalue weighted by Gasteiger charge is 2.19. The van der Waals surface area contributed by atoms with Gasteiger partial charge in [-0.05, 0) is 77.0 Å². The van der Waals surface area contributed by atoms with E-state index < -0.39 is 6.10 Å². The molecule has 0 fully saturated rings. The van der Waals surface area contributed by atoms with Crippen molar-refractivity contribution in [2.24, 2.45) is 0 Å². The summed E-state index contributed by atoms with van der Waals surface area (Å²) in [7, 11) is 0. The molecule has 0 saturated heterocycles. The summed E-state index contributed by atoms with van der Waals surface area (Å²) in [6.07, 6.45) is 51.0. The fraction of sp³-hybridized carbons (Fsp3) is 0.776. The maximum atomic E-state index is 12.7. The van der Waals surface area contributed by atoms with Crippen molar-refractivity contribution in [2.45, 2.75) is 232 Å². The summed E-state index contributed by atoms with van der Waals surface area (Å²) in [5.74, 6) is -0.919. The predicted octanol–water partition coefficient (Wildman–Crippen LogP) is 14.8. The standard InChI is InChI=1S/C49H86O6/c1-4-7-10-13-16-18-20-22-24-25-27-28-30-33-36-39-42-48(51)54-45-46(44-53-47(50)41-38-35-32-15-12-9-6-3)55-49(52)43-40-37-34-31-29-26-23-21-19-17-14-11-8-5-2/h14,17-18,20-21,23-25,46H,4-13,15-16,19,22,26-45H2,1-3H3/b17-14-,20-18-,23-21-,25-24-. The second kappa shape index (κ2) is 44.1. The van der Waals surface area contributed by atoms with Gasteiger partial charge in [0.05, 0.1) is 0 Å². The Balaban J connectivity index is 4.35. The van der Waals surface area contributed by atoms with E-state index in [2.05, 4.69) is 69.4 Å². The van der Waals surface area contributed by atoms with Gasteiger partial charge in [-0.1, -0.05) is 179 Å². The average molecular weight is 771 g/mol. The van der Waals surface area contributed by atoms with Crippen LogP contribution in [-0.4, -0.2) is 37.2 Å². The summed E-state index contributed by atoms with van der Waals surface area (Å²) in [5.41, 5.74) is 0. The molecule has 318 valence electrons. The molecule has 0 radical (unpaired) electrons. The van der Waals surface area contributed by atoms with E-state index in [0.29, 0.717) is 19.3 Å². The molecule has 0 N–H and O–H groups in total. The van der Waals surface area contributed by atoms with E-state index in [1.54, 1.807) is 0 Å². The van der Waals surface area contributed by atoms with Crippen LogP contribution in [0.4, 0.5) is 0 Å². The Labute approximate surface area is 339 Å². The summed E-state index contributed by atoms with van der Waals surface area (Å²) in [4.78, 5) is 37.6. The van der Waals surface area contributed by atoms with Crippen molar-refractivity contribution in [2.75, 3.05) is 13.2 Å². The van der Waals surface area contributed by atoms with Crippen LogP contribution in [0.15, 0.2) is 48.6 Å². The molecule has 1 unspecified atom stereocenters. The first-order valence-corrected chi connectivity index (χ1v) is 23.1. The molecule has 1 atom stereocenters. The fourth-order valence-corrected chi connectivity index (χ4v) is 6.25. The topological polar surface area (TPSA) is 78.9 Å². The Kier molecular flexibility index (Phi) is 42.0. The molecule has 0 amide bonds. The largest absolute Gasteiger partial charge is 0.462 e. The van der Waals surface area contributed by atoms with Gasteiger partial charge in [0.2, 0.25) is 0 Å². The number of esters is 3. The quantitative estimate of drug-likeness (QED) is 0.0267. The molecular formula is C49H86O6. The number of hydrogen-bond donors (Lipinski definition) is 0. The minimum absolute atomic E-state index is 0.0832. The van der Waals surface area contributed by atoms with Gasteiger partial charge in [-0.15, -0.1) is 0 Å². The third-order valence-corrected chi connectivity index (χ3v) is 9.81. The van der Waals surface area contributed by atoms with E-state index in [1.165, 1.54) is 83.5 Å². The first-order valence-electron chi connectivity index (χ1n) is 23.1. The number of ether oxygens (including phenoxy) is 3. The lowest BCUT2D eigenvalue weighted by atomic mass is 10.1. The highest BCUT2D eigenvalue weighted by atomic mass is 16.6. The number of allylic oxidation sites excluding steroid dienone is 8. The van der Waals surface area contributed by atoms with Crippen molar-refractivity contribution >= 4 is 17.9 Å². The highest BCUT2D eigenvalue weighted by Crippen LogP contribution is 2.13. The zero-order chi connectivity index (χ0) is 40.1. The first kappa shape index (κ1) is 52.4. The Hall–Kier alpha value is -2.63. The number of carbonyl (C=O) groups excluding carboxylic acids is 3. The molecule has 6 heteroatoms. The van der Waals surface area contributed by atoms with Crippen LogP contribution in [0, 0.1) is 0 Å². The zero-order valence-corrected chi connectivity index (χ0v) is 36.2. The van der Waals surface area contributed by atoms with Crippen LogP contribution in [0.1, 0.15) is 226 Å². The smallest absolute Gasteiger partial charge is 0.306 e. The van der Waals surface area contributed by atoms with Gasteiger partial charge in [0.25, 0.3) is 0 Å². The lowest BCUT2D eigenvalue weighted by molar-refractivity contribution is -0.167. The molecule has 0 aliphatic heterocycles. The third kappa shape index (κ3) is 42.4. The zero-order valence-electron chi connectivity index (χ0n) is 36.2. The second-order valence-corrected chi connectivity index (χ2v) is 15.3. The summed E-state index contributed by atoms with van der Waals surface area (Å²) in [5, 5.41) is 0. The van der Waals surface area contributed by atoms with E-state index in [1.807, 2.05) is 0 Å². The Morgan fingerprint density at radius 2 is 0.673 bits per heavy atom. The van der Waals surface area contributed by atoms with E-state index >= 15 is 0 Å². The monoisotopic (exact) mass is 771 g/mol. The molecule has 0 rings (SSSR count). The molecule has 0 aliphatic rings. The molecule has 0 saturated carbocycles. The Morgan fingerprint density at radius 1 is 0.364 bits per heavy atom. The van der Waals surface area contributed by atoms with E-state index in [-0.39, 0.29) is 31.1 Å². The molecule has 0 aromatic heterocycles. The summed E-state index contributed by atoms with van der Waals surface area (Å²) in [6, 6.07) is 0. The van der Waals surface area contributed by atoms with Crippen LogP contribution in [0.5, 0.6) is 0 Å². The van der Waals surface area contributed by atoms with Crippen LogP contribution < -0.4 is 0 Å². The molecule has 55 heavy (non-hydrogen) atoms. The fourth-order valence-electron chi connectivity index (χ4n) is 6.25. The molecule has 0 aromatic rings. The van der Waals surface area contributed by atoms with Gasteiger partial charge in [0.15, 0.2) is 6.10 Å². The third-order valence-electron chi connectivity index (χ3n) is 9.81. The molecular weight excluding hydrogens is 685 g/mol. The van der Waals surface area contributed by atoms with Gasteiger partial charge in [0.1, 0.15) is 13.2 Å². The van der Waals surface area contributed by atoms with Crippen molar-refractivity contribution in [1.29, 1.82) is 0 Å². The summed E-state index contributed by atoms with van der Waals surface area (Å²) in [6.45, 7) is 6.50. The maximum absolute atomic E-state index is 12.7. The lowest BCUT2D eigenvalue weighted by Crippen LogP contribution is -2.30. The van der Waals surface area contributed by atoms with Gasteiger partial charge in [0, 0.05) is 19.3 Å². The molecule has 0 heterocycles. The number of rotatable bonds is 41. The SMILES string of the molecule is CCCC/C=C\C/C=C\CCCCCCCC(=O)OC(COC(=O)CCCCCCC/C=C\C/C=C\CCCCCC)COC(=O)CCCCCCCCC. The molecule has 6 nitrogen and oxygen atoms in total. The second-order valence-electron chi connectivity index (χ2n) is 15.3. The predicted molar refractivity (Wildman–Crippen MR) is 233 cm³/mol. The van der Waals surface area contributed by atoms with Gasteiger partial charge in [-0.3, -0.25) is 14.4 Å². The van der Waals surface area contributed by atoms with E-state index in [4.69, 9.17) is 14.2 Å². The minimum Gasteiger partial charge on any atom is -0.462 e.